The molecule has 0 radical (unpaired) electrons. The number of halogens is 1. The molecule has 3 aromatic carbocycles. The quantitative estimate of drug-likeness (QED) is 0.541. The van der Waals surface area contributed by atoms with E-state index >= 15 is 0 Å². The SMILES string of the molecule is CCc1ccc(NC(=O)[C@H](Cc2ccccc2)NS(=O)(=O)c2ccc(Cl)cc2)cc1. The molecule has 1 atom stereocenters. The average Bonchev–Trinajstić information content (AvgIpc) is 2.74. The number of rotatable bonds is 8. The van der Waals surface area contributed by atoms with Gasteiger partial charge in [-0.3, -0.25) is 4.79 Å². The summed E-state index contributed by atoms with van der Waals surface area (Å²) in [7, 11) is -3.91. The van der Waals surface area contributed by atoms with Crippen LogP contribution in [-0.4, -0.2) is 20.4 Å². The van der Waals surface area contributed by atoms with Crippen LogP contribution < -0.4 is 10.0 Å². The normalized spacial score (nSPS) is 12.3. The van der Waals surface area contributed by atoms with Gasteiger partial charge in [0, 0.05) is 10.7 Å². The number of aryl methyl sites for hydroxylation is 1. The molecule has 0 heterocycles. The Balaban J connectivity index is 1.83. The minimum Gasteiger partial charge on any atom is -0.325 e. The highest BCUT2D eigenvalue weighted by Gasteiger charge is 2.26. The van der Waals surface area contributed by atoms with E-state index < -0.39 is 22.0 Å². The molecule has 0 saturated carbocycles. The predicted octanol–water partition coefficient (Wildman–Crippen LogP) is 4.43. The number of anilines is 1. The Labute approximate surface area is 182 Å². The molecule has 0 aliphatic heterocycles. The maximum absolute atomic E-state index is 13.0. The van der Waals surface area contributed by atoms with Gasteiger partial charge in [-0.05, 0) is 60.4 Å². The molecule has 0 aliphatic carbocycles. The number of carbonyl (C=O) groups is 1. The molecule has 7 heteroatoms. The Kier molecular flexibility index (Phi) is 7.26. The van der Waals surface area contributed by atoms with Gasteiger partial charge in [0.1, 0.15) is 6.04 Å². The molecule has 0 bridgehead atoms. The maximum Gasteiger partial charge on any atom is 0.242 e. The van der Waals surface area contributed by atoms with Crippen LogP contribution in [0.2, 0.25) is 5.02 Å². The van der Waals surface area contributed by atoms with Crippen molar-refractivity contribution in [3.8, 4) is 0 Å². The highest BCUT2D eigenvalue weighted by Crippen LogP contribution is 2.16. The molecule has 30 heavy (non-hydrogen) atoms. The largest absolute Gasteiger partial charge is 0.325 e. The van der Waals surface area contributed by atoms with Crippen molar-refractivity contribution in [2.24, 2.45) is 0 Å². The van der Waals surface area contributed by atoms with Crippen LogP contribution in [0.3, 0.4) is 0 Å². The van der Waals surface area contributed by atoms with Crippen molar-refractivity contribution >= 4 is 33.2 Å². The van der Waals surface area contributed by atoms with E-state index in [1.807, 2.05) is 54.6 Å². The van der Waals surface area contributed by atoms with Gasteiger partial charge in [0.05, 0.1) is 4.90 Å². The molecule has 3 aromatic rings. The molecular weight excluding hydrogens is 420 g/mol. The van der Waals surface area contributed by atoms with Crippen molar-refractivity contribution < 1.29 is 13.2 Å². The summed E-state index contributed by atoms with van der Waals surface area (Å²) in [6, 6.07) is 21.6. The van der Waals surface area contributed by atoms with Gasteiger partial charge in [-0.2, -0.15) is 4.72 Å². The van der Waals surface area contributed by atoms with E-state index in [-0.39, 0.29) is 11.3 Å². The molecule has 0 aliphatic rings. The summed E-state index contributed by atoms with van der Waals surface area (Å²) in [6.07, 6.45) is 1.11. The van der Waals surface area contributed by atoms with Crippen LogP contribution in [0.25, 0.3) is 0 Å². The lowest BCUT2D eigenvalue weighted by Crippen LogP contribution is -2.45. The number of nitrogens with one attached hydrogen (secondary N) is 2. The van der Waals surface area contributed by atoms with Gasteiger partial charge >= 0.3 is 0 Å². The van der Waals surface area contributed by atoms with Crippen molar-refractivity contribution in [2.45, 2.75) is 30.7 Å². The zero-order valence-corrected chi connectivity index (χ0v) is 18.1. The molecule has 1 amide bonds. The van der Waals surface area contributed by atoms with E-state index in [1.165, 1.54) is 24.3 Å². The third-order valence-corrected chi connectivity index (χ3v) is 6.39. The fraction of sp³-hybridized carbons (Fsp3) is 0.174. The Bertz CT molecular complexity index is 1080. The first-order valence-corrected chi connectivity index (χ1v) is 11.4. The van der Waals surface area contributed by atoms with E-state index in [0.717, 1.165) is 17.5 Å². The number of sulfonamides is 1. The van der Waals surface area contributed by atoms with Crippen molar-refractivity contribution in [2.75, 3.05) is 5.32 Å². The summed E-state index contributed by atoms with van der Waals surface area (Å²) in [6.45, 7) is 2.05. The number of amides is 1. The zero-order chi connectivity index (χ0) is 21.6. The number of hydrogen-bond donors (Lipinski definition) is 2. The second-order valence-corrected chi connectivity index (χ2v) is 9.01. The summed E-state index contributed by atoms with van der Waals surface area (Å²) in [5.74, 6) is -0.430. The second kappa shape index (κ2) is 9.89. The first-order valence-electron chi connectivity index (χ1n) is 9.59. The van der Waals surface area contributed by atoms with Crippen LogP contribution in [0.15, 0.2) is 83.8 Å². The monoisotopic (exact) mass is 442 g/mol. The first-order chi connectivity index (χ1) is 14.4. The highest BCUT2D eigenvalue weighted by molar-refractivity contribution is 7.89. The summed E-state index contributed by atoms with van der Waals surface area (Å²) in [4.78, 5) is 13.0. The molecule has 0 saturated heterocycles. The molecule has 3 rings (SSSR count). The van der Waals surface area contributed by atoms with Crippen molar-refractivity contribution in [1.82, 2.24) is 4.72 Å². The predicted molar refractivity (Wildman–Crippen MR) is 120 cm³/mol. The third kappa shape index (κ3) is 5.92. The van der Waals surface area contributed by atoms with Crippen molar-refractivity contribution in [1.29, 1.82) is 0 Å². The first kappa shape index (κ1) is 22.0. The highest BCUT2D eigenvalue weighted by atomic mass is 35.5. The van der Waals surface area contributed by atoms with Gasteiger partial charge in [-0.25, -0.2) is 8.42 Å². The van der Waals surface area contributed by atoms with Gasteiger partial charge < -0.3 is 5.32 Å². The molecule has 5 nitrogen and oxygen atoms in total. The molecule has 2 N–H and O–H groups in total. The topological polar surface area (TPSA) is 75.3 Å². The van der Waals surface area contributed by atoms with E-state index in [2.05, 4.69) is 17.0 Å². The minimum atomic E-state index is -3.91. The molecular formula is C23H23ClN2O3S. The standard InChI is InChI=1S/C23H23ClN2O3S/c1-2-17-8-12-20(13-9-17)25-23(27)22(16-18-6-4-3-5-7-18)26-30(28,29)21-14-10-19(24)11-15-21/h3-15,22,26H,2,16H2,1H3,(H,25,27)/t22-/m0/s1. The van der Waals surface area contributed by atoms with Crippen LogP contribution in [-0.2, 0) is 27.7 Å². The lowest BCUT2D eigenvalue weighted by Gasteiger charge is -2.19. The Morgan fingerprint density at radius 3 is 2.13 bits per heavy atom. The van der Waals surface area contributed by atoms with Gasteiger partial charge in [0.15, 0.2) is 0 Å². The maximum atomic E-state index is 13.0. The Morgan fingerprint density at radius 1 is 0.900 bits per heavy atom. The molecule has 0 unspecified atom stereocenters. The second-order valence-electron chi connectivity index (χ2n) is 6.86. The zero-order valence-electron chi connectivity index (χ0n) is 16.5. The van der Waals surface area contributed by atoms with Gasteiger partial charge in [0.25, 0.3) is 0 Å². The number of carbonyl (C=O) groups excluding carboxylic acids is 1. The average molecular weight is 443 g/mol. The molecule has 0 aromatic heterocycles. The van der Waals surface area contributed by atoms with E-state index in [9.17, 15) is 13.2 Å². The van der Waals surface area contributed by atoms with E-state index in [1.54, 1.807) is 0 Å². The van der Waals surface area contributed by atoms with Crippen LogP contribution in [0.4, 0.5) is 5.69 Å². The van der Waals surface area contributed by atoms with Gasteiger partial charge in [-0.1, -0.05) is 61.0 Å². The smallest absolute Gasteiger partial charge is 0.242 e. The van der Waals surface area contributed by atoms with Gasteiger partial charge in [0.2, 0.25) is 15.9 Å². The summed E-state index contributed by atoms with van der Waals surface area (Å²) in [5, 5.41) is 3.24. The fourth-order valence-corrected chi connectivity index (χ4v) is 4.28. The van der Waals surface area contributed by atoms with Crippen LogP contribution in [0.5, 0.6) is 0 Å². The lowest BCUT2D eigenvalue weighted by molar-refractivity contribution is -0.117. The number of benzene rings is 3. The van der Waals surface area contributed by atoms with Crippen molar-refractivity contribution in [3.05, 3.63) is 95.0 Å². The van der Waals surface area contributed by atoms with Crippen LogP contribution in [0.1, 0.15) is 18.1 Å². The molecule has 0 fully saturated rings. The molecule has 0 spiro atoms. The summed E-state index contributed by atoms with van der Waals surface area (Å²) in [5.41, 5.74) is 2.61. The fourth-order valence-electron chi connectivity index (χ4n) is 2.96. The Morgan fingerprint density at radius 2 is 1.53 bits per heavy atom. The third-order valence-electron chi connectivity index (χ3n) is 4.65. The lowest BCUT2D eigenvalue weighted by atomic mass is 10.1. The van der Waals surface area contributed by atoms with E-state index in [4.69, 9.17) is 11.6 Å². The summed E-state index contributed by atoms with van der Waals surface area (Å²) < 4.78 is 28.2. The Hall–Kier alpha value is -2.67. The summed E-state index contributed by atoms with van der Waals surface area (Å²) >= 11 is 5.86. The van der Waals surface area contributed by atoms with Crippen LogP contribution in [0, 0.1) is 0 Å². The minimum absolute atomic E-state index is 0.0464. The van der Waals surface area contributed by atoms with E-state index in [0.29, 0.717) is 10.7 Å². The van der Waals surface area contributed by atoms with Crippen molar-refractivity contribution in [3.63, 3.8) is 0 Å². The van der Waals surface area contributed by atoms with Crippen LogP contribution >= 0.6 is 11.6 Å². The molecule has 156 valence electrons. The van der Waals surface area contributed by atoms with Gasteiger partial charge in [-0.15, -0.1) is 0 Å². The number of hydrogen-bond acceptors (Lipinski definition) is 3.